The normalized spacial score (nSPS) is 15.9. The average molecular weight is 425 g/mol. The molecule has 2 heterocycles. The lowest BCUT2D eigenvalue weighted by Gasteiger charge is -2.34. The maximum atomic E-state index is 12.2. The van der Waals surface area contributed by atoms with Crippen LogP contribution in [0.1, 0.15) is 12.7 Å². The third kappa shape index (κ3) is 6.74. The second-order valence-electron chi connectivity index (χ2n) is 7.13. The number of carbonyl (C=O) groups excluding carboxylic acids is 1. The molecule has 0 atom stereocenters. The van der Waals surface area contributed by atoms with Crippen LogP contribution in [0.4, 0.5) is 18.9 Å². The van der Waals surface area contributed by atoms with Gasteiger partial charge in [-0.2, -0.15) is 0 Å². The summed E-state index contributed by atoms with van der Waals surface area (Å²) in [5, 5.41) is 2.71. The Morgan fingerprint density at radius 1 is 1.10 bits per heavy atom. The van der Waals surface area contributed by atoms with Gasteiger partial charge in [0.15, 0.2) is 0 Å². The molecule has 0 saturated carbocycles. The van der Waals surface area contributed by atoms with Crippen molar-refractivity contribution in [2.24, 2.45) is 0 Å². The van der Waals surface area contributed by atoms with E-state index in [1.165, 1.54) is 24.3 Å². The van der Waals surface area contributed by atoms with Crippen LogP contribution in [0.2, 0.25) is 0 Å². The van der Waals surface area contributed by atoms with E-state index in [2.05, 4.69) is 36.3 Å². The maximum Gasteiger partial charge on any atom is 0.573 e. The molecule has 0 radical (unpaired) electrons. The largest absolute Gasteiger partial charge is 0.573 e. The summed E-state index contributed by atoms with van der Waals surface area (Å²) in [6.07, 6.45) is 0.00537. The van der Waals surface area contributed by atoms with Crippen LogP contribution < -0.4 is 10.1 Å². The van der Waals surface area contributed by atoms with Crippen LogP contribution in [0.25, 0.3) is 0 Å². The smallest absolute Gasteiger partial charge is 0.406 e. The first kappa shape index (κ1) is 22.1. The van der Waals surface area contributed by atoms with Gasteiger partial charge in [0.2, 0.25) is 5.91 Å². The summed E-state index contributed by atoms with van der Waals surface area (Å²) < 4.78 is 42.6. The van der Waals surface area contributed by atoms with E-state index in [9.17, 15) is 18.0 Å². The molecule has 1 amide bonds. The number of aryl methyl sites for hydroxylation is 1. The molecule has 3 rings (SSSR count). The van der Waals surface area contributed by atoms with Gasteiger partial charge in [-0.3, -0.25) is 14.6 Å². The number of hydrogen-bond acceptors (Lipinski definition) is 5. The number of piperazine rings is 1. The van der Waals surface area contributed by atoms with E-state index in [-0.39, 0.29) is 18.2 Å². The summed E-state index contributed by atoms with van der Waals surface area (Å²) in [5.41, 5.74) is 0.431. The summed E-state index contributed by atoms with van der Waals surface area (Å²) in [5.74, 6) is 0.570. The first-order valence-corrected chi connectivity index (χ1v) is 9.93. The maximum absolute atomic E-state index is 12.2. The summed E-state index contributed by atoms with van der Waals surface area (Å²) in [6.45, 7) is 7.52. The van der Waals surface area contributed by atoms with E-state index >= 15 is 0 Å². The Hall–Kier alpha value is -2.59. The molecule has 1 aliphatic rings. The number of nitrogens with one attached hydrogen (secondary N) is 1. The minimum Gasteiger partial charge on any atom is -0.406 e. The number of halogens is 3. The predicted molar refractivity (Wildman–Crippen MR) is 106 cm³/mol. The van der Waals surface area contributed by atoms with Gasteiger partial charge in [-0.15, -0.1) is 13.2 Å². The highest BCUT2D eigenvalue weighted by Crippen LogP contribution is 2.23. The fourth-order valence-corrected chi connectivity index (χ4v) is 3.42. The van der Waals surface area contributed by atoms with Gasteiger partial charge in [-0.05, 0) is 24.3 Å². The number of imidazole rings is 1. The molecule has 10 heteroatoms. The summed E-state index contributed by atoms with van der Waals surface area (Å²) >= 11 is 0. The Balaban J connectivity index is 1.37. The number of hydrogen-bond donors (Lipinski definition) is 1. The van der Waals surface area contributed by atoms with Crippen LogP contribution in [0.3, 0.4) is 0 Å². The first-order chi connectivity index (χ1) is 14.3. The Kier molecular flexibility index (Phi) is 7.33. The van der Waals surface area contributed by atoms with Crippen molar-refractivity contribution in [2.75, 3.05) is 44.6 Å². The zero-order valence-electron chi connectivity index (χ0n) is 16.9. The average Bonchev–Trinajstić information content (AvgIpc) is 3.15. The Bertz CT molecular complexity index is 815. The minimum atomic E-state index is -4.73. The number of rotatable bonds is 8. The highest BCUT2D eigenvalue weighted by molar-refractivity contribution is 5.92. The van der Waals surface area contributed by atoms with Crippen LogP contribution in [-0.4, -0.2) is 70.9 Å². The van der Waals surface area contributed by atoms with Crippen molar-refractivity contribution in [3.05, 3.63) is 42.5 Å². The zero-order chi connectivity index (χ0) is 21.6. The molecular formula is C20H26F3N5O2. The van der Waals surface area contributed by atoms with Gasteiger partial charge in [-0.1, -0.05) is 6.92 Å². The van der Waals surface area contributed by atoms with Crippen molar-refractivity contribution in [1.29, 1.82) is 0 Å². The number of nitrogens with zero attached hydrogens (tertiary/aromatic N) is 4. The number of amides is 1. The molecule has 2 aromatic rings. The van der Waals surface area contributed by atoms with E-state index in [0.717, 1.165) is 51.5 Å². The van der Waals surface area contributed by atoms with Crippen LogP contribution in [0.5, 0.6) is 5.75 Å². The number of anilines is 1. The highest BCUT2D eigenvalue weighted by atomic mass is 19.4. The summed E-state index contributed by atoms with van der Waals surface area (Å²) in [4.78, 5) is 21.0. The Morgan fingerprint density at radius 3 is 2.40 bits per heavy atom. The third-order valence-corrected chi connectivity index (χ3v) is 4.98. The molecule has 1 saturated heterocycles. The van der Waals surface area contributed by atoms with Gasteiger partial charge in [0.1, 0.15) is 11.6 Å². The second-order valence-corrected chi connectivity index (χ2v) is 7.13. The molecule has 1 fully saturated rings. The zero-order valence-corrected chi connectivity index (χ0v) is 16.9. The van der Waals surface area contributed by atoms with E-state index in [0.29, 0.717) is 5.69 Å². The van der Waals surface area contributed by atoms with Crippen molar-refractivity contribution in [3.8, 4) is 5.75 Å². The quantitative estimate of drug-likeness (QED) is 0.705. The lowest BCUT2D eigenvalue weighted by molar-refractivity contribution is -0.274. The van der Waals surface area contributed by atoms with Gasteiger partial charge in [0, 0.05) is 63.8 Å². The van der Waals surface area contributed by atoms with Crippen LogP contribution in [0.15, 0.2) is 36.7 Å². The molecule has 1 aromatic carbocycles. The van der Waals surface area contributed by atoms with Gasteiger partial charge < -0.3 is 14.6 Å². The molecule has 0 bridgehead atoms. The minimum absolute atomic E-state index is 0.195. The molecule has 0 aliphatic carbocycles. The third-order valence-electron chi connectivity index (χ3n) is 4.98. The fraction of sp³-hybridized carbons (Fsp3) is 0.500. The van der Waals surface area contributed by atoms with E-state index in [1.807, 2.05) is 12.4 Å². The summed E-state index contributed by atoms with van der Waals surface area (Å²) in [7, 11) is 0. The molecule has 164 valence electrons. The standard InChI is InChI=1S/C20H26F3N5O2/c1-2-18-24-7-8-28(18)14-13-26-9-11-27(12-10-26)15-19(29)25-16-3-5-17(6-4-16)30-20(21,22)23/h3-8H,2,9-15H2,1H3,(H,25,29). The van der Waals surface area contributed by atoms with Gasteiger partial charge >= 0.3 is 6.36 Å². The van der Waals surface area contributed by atoms with Crippen molar-refractivity contribution >= 4 is 11.6 Å². The lowest BCUT2D eigenvalue weighted by atomic mass is 10.3. The van der Waals surface area contributed by atoms with E-state index < -0.39 is 6.36 Å². The number of ether oxygens (including phenoxy) is 1. The van der Waals surface area contributed by atoms with Crippen molar-refractivity contribution in [1.82, 2.24) is 19.4 Å². The van der Waals surface area contributed by atoms with E-state index in [1.54, 1.807) is 0 Å². The number of alkyl halides is 3. The van der Waals surface area contributed by atoms with Crippen molar-refractivity contribution in [3.63, 3.8) is 0 Å². The lowest BCUT2D eigenvalue weighted by Crippen LogP contribution is -2.49. The van der Waals surface area contributed by atoms with Crippen LogP contribution in [0, 0.1) is 0 Å². The Morgan fingerprint density at radius 2 is 1.77 bits per heavy atom. The Labute approximate surface area is 173 Å². The fourth-order valence-electron chi connectivity index (χ4n) is 3.42. The number of carbonyl (C=O) groups is 1. The van der Waals surface area contributed by atoms with Gasteiger partial charge in [0.25, 0.3) is 0 Å². The molecule has 7 nitrogen and oxygen atoms in total. The van der Waals surface area contributed by atoms with Crippen LogP contribution in [-0.2, 0) is 17.8 Å². The topological polar surface area (TPSA) is 62.6 Å². The summed E-state index contributed by atoms with van der Waals surface area (Å²) in [6, 6.07) is 5.12. The van der Waals surface area contributed by atoms with E-state index in [4.69, 9.17) is 0 Å². The number of aromatic nitrogens is 2. The molecular weight excluding hydrogens is 399 g/mol. The number of benzene rings is 1. The molecule has 1 N–H and O–H groups in total. The monoisotopic (exact) mass is 425 g/mol. The molecule has 30 heavy (non-hydrogen) atoms. The highest BCUT2D eigenvalue weighted by Gasteiger charge is 2.31. The first-order valence-electron chi connectivity index (χ1n) is 9.93. The van der Waals surface area contributed by atoms with Crippen LogP contribution >= 0.6 is 0 Å². The second kappa shape index (κ2) is 9.94. The molecule has 1 aliphatic heterocycles. The molecule has 0 unspecified atom stereocenters. The van der Waals surface area contributed by atoms with Gasteiger partial charge in [-0.25, -0.2) is 4.98 Å². The molecule has 0 spiro atoms. The van der Waals surface area contributed by atoms with Gasteiger partial charge in [0.05, 0.1) is 6.54 Å². The predicted octanol–water partition coefficient (Wildman–Crippen LogP) is 2.60. The SMILES string of the molecule is CCc1nccn1CCN1CCN(CC(=O)Nc2ccc(OC(F)(F)F)cc2)CC1. The van der Waals surface area contributed by atoms with Crippen molar-refractivity contribution in [2.45, 2.75) is 26.3 Å². The molecule has 1 aromatic heterocycles. The van der Waals surface area contributed by atoms with Crippen molar-refractivity contribution < 1.29 is 22.7 Å².